The summed E-state index contributed by atoms with van der Waals surface area (Å²) in [6.45, 7) is 2.22. The van der Waals surface area contributed by atoms with Crippen molar-refractivity contribution in [3.05, 3.63) is 24.3 Å². The molecule has 150 valence electrons. The van der Waals surface area contributed by atoms with Gasteiger partial charge < -0.3 is 15.4 Å². The third-order valence-corrected chi connectivity index (χ3v) is 6.04. The Labute approximate surface area is 167 Å². The Bertz CT molecular complexity index is 598. The minimum atomic E-state index is -0.504. The van der Waals surface area contributed by atoms with Crippen LogP contribution >= 0.6 is 11.8 Å². The molecule has 0 aromatic heterocycles. The van der Waals surface area contributed by atoms with Crippen LogP contribution in [-0.2, 0) is 9.59 Å². The molecule has 0 unspecified atom stereocenters. The lowest BCUT2D eigenvalue weighted by Gasteiger charge is -2.28. The summed E-state index contributed by atoms with van der Waals surface area (Å²) < 4.78 is 5.14. The molecule has 2 amide bonds. The van der Waals surface area contributed by atoms with Gasteiger partial charge in [0.2, 0.25) is 11.8 Å². The average molecular weight is 393 g/mol. The SMILES string of the molecule is CCC1CCC(C(=O)N[C@H](CCSC)C(=O)Nc2ccc(OC)cc2)CC1. The van der Waals surface area contributed by atoms with Crippen molar-refractivity contribution in [1.82, 2.24) is 5.32 Å². The van der Waals surface area contributed by atoms with E-state index in [9.17, 15) is 9.59 Å². The largest absolute Gasteiger partial charge is 0.497 e. The van der Waals surface area contributed by atoms with Crippen molar-refractivity contribution in [3.8, 4) is 5.75 Å². The van der Waals surface area contributed by atoms with Crippen LogP contribution < -0.4 is 15.4 Å². The Hall–Kier alpha value is -1.69. The number of hydrogen-bond acceptors (Lipinski definition) is 4. The molecular formula is C21H32N2O3S. The van der Waals surface area contributed by atoms with E-state index in [0.29, 0.717) is 12.1 Å². The molecular weight excluding hydrogens is 360 g/mol. The smallest absolute Gasteiger partial charge is 0.246 e. The van der Waals surface area contributed by atoms with Gasteiger partial charge in [-0.1, -0.05) is 13.3 Å². The van der Waals surface area contributed by atoms with Gasteiger partial charge in [0.1, 0.15) is 11.8 Å². The number of amides is 2. The zero-order chi connectivity index (χ0) is 19.6. The van der Waals surface area contributed by atoms with Crippen LogP contribution in [0.15, 0.2) is 24.3 Å². The van der Waals surface area contributed by atoms with Gasteiger partial charge in [-0.25, -0.2) is 0 Å². The second kappa shape index (κ2) is 11.2. The number of hydrogen-bond donors (Lipinski definition) is 2. The number of anilines is 1. The molecule has 2 rings (SSSR count). The van der Waals surface area contributed by atoms with Crippen LogP contribution in [0.5, 0.6) is 5.75 Å². The van der Waals surface area contributed by atoms with Crippen molar-refractivity contribution >= 4 is 29.3 Å². The molecule has 0 heterocycles. The predicted octanol–water partition coefficient (Wildman–Crippen LogP) is 4.09. The molecule has 1 aliphatic rings. The van der Waals surface area contributed by atoms with Crippen molar-refractivity contribution in [3.63, 3.8) is 0 Å². The summed E-state index contributed by atoms with van der Waals surface area (Å²) in [5.74, 6) is 2.22. The van der Waals surface area contributed by atoms with Gasteiger partial charge in [0, 0.05) is 11.6 Å². The first-order chi connectivity index (χ1) is 13.1. The fourth-order valence-electron chi connectivity index (χ4n) is 3.53. The molecule has 5 nitrogen and oxygen atoms in total. The Morgan fingerprint density at radius 2 is 1.85 bits per heavy atom. The van der Waals surface area contributed by atoms with Crippen molar-refractivity contribution in [2.75, 3.05) is 24.4 Å². The van der Waals surface area contributed by atoms with Gasteiger partial charge in [-0.05, 0) is 74.3 Å². The van der Waals surface area contributed by atoms with E-state index in [2.05, 4.69) is 17.6 Å². The van der Waals surface area contributed by atoms with Crippen molar-refractivity contribution < 1.29 is 14.3 Å². The fourth-order valence-corrected chi connectivity index (χ4v) is 4.00. The minimum absolute atomic E-state index is 0.0283. The van der Waals surface area contributed by atoms with E-state index in [1.165, 1.54) is 6.42 Å². The lowest BCUT2D eigenvalue weighted by atomic mass is 9.80. The summed E-state index contributed by atoms with van der Waals surface area (Å²) >= 11 is 1.68. The summed E-state index contributed by atoms with van der Waals surface area (Å²) in [4.78, 5) is 25.4. The van der Waals surface area contributed by atoms with Crippen LogP contribution in [0.25, 0.3) is 0 Å². The van der Waals surface area contributed by atoms with E-state index in [1.807, 2.05) is 6.26 Å². The molecule has 27 heavy (non-hydrogen) atoms. The van der Waals surface area contributed by atoms with Crippen LogP contribution in [0.4, 0.5) is 5.69 Å². The van der Waals surface area contributed by atoms with Gasteiger partial charge >= 0.3 is 0 Å². The van der Waals surface area contributed by atoms with Crippen molar-refractivity contribution in [2.24, 2.45) is 11.8 Å². The summed E-state index contributed by atoms with van der Waals surface area (Å²) in [5.41, 5.74) is 0.702. The Kier molecular flexibility index (Phi) is 8.98. The molecule has 0 radical (unpaired) electrons. The second-order valence-corrected chi connectivity index (χ2v) is 8.17. The number of ether oxygens (including phenoxy) is 1. The molecule has 0 saturated heterocycles. The van der Waals surface area contributed by atoms with Gasteiger partial charge in [-0.3, -0.25) is 9.59 Å². The van der Waals surface area contributed by atoms with Crippen LogP contribution in [0.3, 0.4) is 0 Å². The third kappa shape index (κ3) is 6.76. The molecule has 1 aliphatic carbocycles. The highest BCUT2D eigenvalue weighted by molar-refractivity contribution is 7.98. The van der Waals surface area contributed by atoms with Crippen LogP contribution in [0, 0.1) is 11.8 Å². The lowest BCUT2D eigenvalue weighted by Crippen LogP contribution is -2.47. The highest BCUT2D eigenvalue weighted by Gasteiger charge is 2.28. The number of benzene rings is 1. The topological polar surface area (TPSA) is 67.4 Å². The van der Waals surface area contributed by atoms with Gasteiger partial charge in [-0.15, -0.1) is 0 Å². The van der Waals surface area contributed by atoms with Gasteiger partial charge in [0.05, 0.1) is 7.11 Å². The summed E-state index contributed by atoms with van der Waals surface area (Å²) in [7, 11) is 1.61. The van der Waals surface area contributed by atoms with Crippen LogP contribution in [-0.4, -0.2) is 37.0 Å². The molecule has 1 saturated carbocycles. The molecule has 1 aromatic carbocycles. The summed E-state index contributed by atoms with van der Waals surface area (Å²) in [5, 5.41) is 5.92. The number of carbonyl (C=O) groups excluding carboxylic acids is 2. The minimum Gasteiger partial charge on any atom is -0.497 e. The molecule has 0 spiro atoms. The Balaban J connectivity index is 1.94. The number of nitrogens with one attached hydrogen (secondary N) is 2. The third-order valence-electron chi connectivity index (χ3n) is 5.40. The van der Waals surface area contributed by atoms with Crippen molar-refractivity contribution in [2.45, 2.75) is 51.5 Å². The average Bonchev–Trinajstić information content (AvgIpc) is 2.71. The molecule has 2 N–H and O–H groups in total. The summed E-state index contributed by atoms with van der Waals surface area (Å²) in [6, 6.07) is 6.71. The maximum absolute atomic E-state index is 12.7. The quantitative estimate of drug-likeness (QED) is 0.664. The van der Waals surface area contributed by atoms with Gasteiger partial charge in [-0.2, -0.15) is 11.8 Å². The lowest BCUT2D eigenvalue weighted by molar-refractivity contribution is -0.130. The predicted molar refractivity (Wildman–Crippen MR) is 112 cm³/mol. The molecule has 1 aromatic rings. The number of thioether (sulfide) groups is 1. The summed E-state index contributed by atoms with van der Waals surface area (Å²) in [6.07, 6.45) is 7.91. The number of carbonyl (C=O) groups is 2. The maximum atomic E-state index is 12.7. The highest BCUT2D eigenvalue weighted by atomic mass is 32.2. The monoisotopic (exact) mass is 392 g/mol. The van der Waals surface area contributed by atoms with Crippen molar-refractivity contribution in [1.29, 1.82) is 0 Å². The highest BCUT2D eigenvalue weighted by Crippen LogP contribution is 2.30. The fraction of sp³-hybridized carbons (Fsp3) is 0.619. The molecule has 0 bridgehead atoms. The zero-order valence-corrected chi connectivity index (χ0v) is 17.4. The van der Waals surface area contributed by atoms with Crippen LogP contribution in [0.1, 0.15) is 45.4 Å². The Morgan fingerprint density at radius 1 is 1.19 bits per heavy atom. The molecule has 6 heteroatoms. The van der Waals surface area contributed by atoms with Gasteiger partial charge in [0.25, 0.3) is 0 Å². The van der Waals surface area contributed by atoms with E-state index < -0.39 is 6.04 Å². The maximum Gasteiger partial charge on any atom is 0.246 e. The van der Waals surface area contributed by atoms with Crippen LogP contribution in [0.2, 0.25) is 0 Å². The van der Waals surface area contributed by atoms with Gasteiger partial charge in [0.15, 0.2) is 0 Å². The second-order valence-electron chi connectivity index (χ2n) is 7.19. The van der Waals surface area contributed by atoms with E-state index in [-0.39, 0.29) is 17.7 Å². The first kappa shape index (κ1) is 21.6. The number of methoxy groups -OCH3 is 1. The molecule has 1 atom stereocenters. The normalized spacial score (nSPS) is 20.6. The molecule has 0 aliphatic heterocycles. The van der Waals surface area contributed by atoms with E-state index in [4.69, 9.17) is 4.74 Å². The number of rotatable bonds is 9. The van der Waals surface area contributed by atoms with E-state index in [1.54, 1.807) is 43.1 Å². The van der Waals surface area contributed by atoms with E-state index >= 15 is 0 Å². The molecule has 1 fully saturated rings. The first-order valence-electron chi connectivity index (χ1n) is 9.81. The Morgan fingerprint density at radius 3 is 2.41 bits per heavy atom. The van der Waals surface area contributed by atoms with E-state index in [0.717, 1.165) is 43.1 Å². The zero-order valence-electron chi connectivity index (χ0n) is 16.6. The first-order valence-corrected chi connectivity index (χ1v) is 11.2. The standard InChI is InChI=1S/C21H32N2O3S/c1-4-15-5-7-16(8-6-15)20(24)23-19(13-14-27-3)21(25)22-17-9-11-18(26-2)12-10-17/h9-12,15-16,19H,4-8,13-14H2,1-3H3,(H,22,25)(H,23,24)/t15?,16?,19-/m1/s1.